The molecule has 2 nitrogen and oxygen atoms in total. The van der Waals surface area contributed by atoms with E-state index in [1.807, 2.05) is 6.92 Å². The van der Waals surface area contributed by atoms with Crippen LogP contribution < -0.4 is 10.5 Å². The van der Waals surface area contributed by atoms with E-state index in [4.69, 9.17) is 22.1 Å². The van der Waals surface area contributed by atoms with E-state index in [1.165, 1.54) is 24.3 Å². The van der Waals surface area contributed by atoms with Crippen molar-refractivity contribution < 1.29 is 13.5 Å². The highest BCUT2D eigenvalue weighted by atomic mass is 35.5. The molecule has 5 heteroatoms. The zero-order valence-electron chi connectivity index (χ0n) is 10.9. The van der Waals surface area contributed by atoms with Crippen molar-refractivity contribution >= 4 is 11.6 Å². The molecule has 0 radical (unpaired) electrons. The SMILES string of the molecule is CC(N)Cc1ccc(Oc2ccc(F)cc2Cl)c(F)c1. The number of rotatable bonds is 4. The Labute approximate surface area is 121 Å². The maximum atomic E-state index is 13.9. The molecule has 0 spiro atoms. The Bertz CT molecular complexity index is 617. The van der Waals surface area contributed by atoms with Crippen LogP contribution in [0.5, 0.6) is 11.5 Å². The summed E-state index contributed by atoms with van der Waals surface area (Å²) in [5.41, 5.74) is 6.45. The van der Waals surface area contributed by atoms with Crippen molar-refractivity contribution in [1.29, 1.82) is 0 Å². The van der Waals surface area contributed by atoms with Gasteiger partial charge in [-0.1, -0.05) is 17.7 Å². The summed E-state index contributed by atoms with van der Waals surface area (Å²) in [6.45, 7) is 1.85. The zero-order chi connectivity index (χ0) is 14.7. The molecule has 0 amide bonds. The zero-order valence-corrected chi connectivity index (χ0v) is 11.6. The lowest BCUT2D eigenvalue weighted by atomic mass is 10.1. The molecule has 0 saturated heterocycles. The van der Waals surface area contributed by atoms with Crippen LogP contribution in [0.4, 0.5) is 8.78 Å². The molecule has 2 N–H and O–H groups in total. The normalized spacial score (nSPS) is 12.2. The van der Waals surface area contributed by atoms with Crippen molar-refractivity contribution in [3.63, 3.8) is 0 Å². The average molecular weight is 298 g/mol. The average Bonchev–Trinajstić information content (AvgIpc) is 2.34. The van der Waals surface area contributed by atoms with Gasteiger partial charge in [0.05, 0.1) is 5.02 Å². The van der Waals surface area contributed by atoms with E-state index < -0.39 is 11.6 Å². The van der Waals surface area contributed by atoms with Gasteiger partial charge in [-0.05, 0) is 49.2 Å². The van der Waals surface area contributed by atoms with Crippen molar-refractivity contribution in [2.24, 2.45) is 5.73 Å². The molecule has 1 unspecified atom stereocenters. The third-order valence-electron chi connectivity index (χ3n) is 2.67. The smallest absolute Gasteiger partial charge is 0.165 e. The van der Waals surface area contributed by atoms with E-state index in [2.05, 4.69) is 0 Å². The second kappa shape index (κ2) is 6.20. The minimum atomic E-state index is -0.511. The first-order chi connectivity index (χ1) is 9.45. The minimum absolute atomic E-state index is 0.0342. The monoisotopic (exact) mass is 297 g/mol. The minimum Gasteiger partial charge on any atom is -0.453 e. The predicted molar refractivity (Wildman–Crippen MR) is 75.2 cm³/mol. The van der Waals surface area contributed by atoms with Crippen molar-refractivity contribution in [2.45, 2.75) is 19.4 Å². The molecule has 1 atom stereocenters. The van der Waals surface area contributed by atoms with Crippen molar-refractivity contribution in [2.75, 3.05) is 0 Å². The Hall–Kier alpha value is -1.65. The van der Waals surface area contributed by atoms with Gasteiger partial charge in [0, 0.05) is 6.04 Å². The third kappa shape index (κ3) is 3.68. The Balaban J connectivity index is 2.21. The van der Waals surface area contributed by atoms with Crippen LogP contribution in [-0.4, -0.2) is 6.04 Å². The van der Waals surface area contributed by atoms with Gasteiger partial charge < -0.3 is 10.5 Å². The lowest BCUT2D eigenvalue weighted by molar-refractivity contribution is 0.440. The molecule has 0 fully saturated rings. The fourth-order valence-electron chi connectivity index (χ4n) is 1.80. The van der Waals surface area contributed by atoms with E-state index in [-0.39, 0.29) is 22.6 Å². The van der Waals surface area contributed by atoms with Crippen LogP contribution in [0, 0.1) is 11.6 Å². The van der Waals surface area contributed by atoms with Crippen LogP contribution in [-0.2, 0) is 6.42 Å². The highest BCUT2D eigenvalue weighted by molar-refractivity contribution is 6.32. The molecule has 0 saturated carbocycles. The lowest BCUT2D eigenvalue weighted by Crippen LogP contribution is -2.17. The largest absolute Gasteiger partial charge is 0.453 e. The Kier molecular flexibility index (Phi) is 4.57. The Morgan fingerprint density at radius 1 is 1.15 bits per heavy atom. The molecule has 2 aromatic rings. The van der Waals surface area contributed by atoms with Crippen molar-refractivity contribution in [3.8, 4) is 11.5 Å². The Morgan fingerprint density at radius 3 is 2.45 bits per heavy atom. The van der Waals surface area contributed by atoms with E-state index >= 15 is 0 Å². The summed E-state index contributed by atoms with van der Waals surface area (Å²) in [7, 11) is 0. The number of hydrogen-bond donors (Lipinski definition) is 1. The van der Waals surface area contributed by atoms with Crippen molar-refractivity contribution in [1.82, 2.24) is 0 Å². The van der Waals surface area contributed by atoms with Gasteiger partial charge in [0.25, 0.3) is 0 Å². The van der Waals surface area contributed by atoms with E-state index in [0.717, 1.165) is 11.6 Å². The third-order valence-corrected chi connectivity index (χ3v) is 2.96. The molecular formula is C15H14ClF2NO. The topological polar surface area (TPSA) is 35.2 Å². The molecule has 20 heavy (non-hydrogen) atoms. The molecule has 0 aliphatic rings. The van der Waals surface area contributed by atoms with Crippen molar-refractivity contribution in [3.05, 3.63) is 58.6 Å². The van der Waals surface area contributed by atoms with Gasteiger partial charge in [-0.25, -0.2) is 8.78 Å². The maximum Gasteiger partial charge on any atom is 0.165 e. The van der Waals surface area contributed by atoms with Gasteiger partial charge >= 0.3 is 0 Å². The fraction of sp³-hybridized carbons (Fsp3) is 0.200. The number of nitrogens with two attached hydrogens (primary N) is 1. The molecule has 2 aromatic carbocycles. The molecule has 0 aliphatic carbocycles. The highest BCUT2D eigenvalue weighted by Gasteiger charge is 2.10. The second-order valence-corrected chi connectivity index (χ2v) is 5.03. The number of halogens is 3. The van der Waals surface area contributed by atoms with Gasteiger partial charge in [0.15, 0.2) is 11.6 Å². The summed E-state index contributed by atoms with van der Waals surface area (Å²) in [6, 6.07) is 8.23. The molecule has 0 aliphatic heterocycles. The summed E-state index contributed by atoms with van der Waals surface area (Å²) >= 11 is 5.83. The quantitative estimate of drug-likeness (QED) is 0.913. The first-order valence-corrected chi connectivity index (χ1v) is 6.50. The summed E-state index contributed by atoms with van der Waals surface area (Å²) in [5, 5.41) is 0.0871. The van der Waals surface area contributed by atoms with Gasteiger partial charge in [0.1, 0.15) is 11.6 Å². The van der Waals surface area contributed by atoms with Crippen LogP contribution in [0.25, 0.3) is 0 Å². The number of hydrogen-bond acceptors (Lipinski definition) is 2. The van der Waals surface area contributed by atoms with Crippen LogP contribution in [0.15, 0.2) is 36.4 Å². The van der Waals surface area contributed by atoms with Gasteiger partial charge in [-0.15, -0.1) is 0 Å². The first kappa shape index (κ1) is 14.8. The molecule has 2 rings (SSSR count). The summed E-state index contributed by atoms with van der Waals surface area (Å²) in [4.78, 5) is 0. The molecular weight excluding hydrogens is 284 g/mol. The van der Waals surface area contributed by atoms with Gasteiger partial charge in [0.2, 0.25) is 0 Å². The van der Waals surface area contributed by atoms with Gasteiger partial charge in [-0.2, -0.15) is 0 Å². The highest BCUT2D eigenvalue weighted by Crippen LogP contribution is 2.31. The fourth-order valence-corrected chi connectivity index (χ4v) is 2.01. The molecule has 0 aromatic heterocycles. The Morgan fingerprint density at radius 2 is 1.85 bits per heavy atom. The van der Waals surface area contributed by atoms with E-state index in [0.29, 0.717) is 6.42 Å². The van der Waals surface area contributed by atoms with Crippen LogP contribution in [0.1, 0.15) is 12.5 Å². The van der Waals surface area contributed by atoms with Crippen LogP contribution in [0.3, 0.4) is 0 Å². The molecule has 0 heterocycles. The van der Waals surface area contributed by atoms with E-state index in [1.54, 1.807) is 6.07 Å². The first-order valence-electron chi connectivity index (χ1n) is 6.12. The summed E-state index contributed by atoms with van der Waals surface area (Å²) in [6.07, 6.45) is 0.578. The standard InChI is InChI=1S/C15H14ClF2NO/c1-9(19)6-10-2-4-15(13(18)7-10)20-14-5-3-11(17)8-12(14)16/h2-5,7-9H,6,19H2,1H3. The molecule has 106 valence electrons. The predicted octanol–water partition coefficient (Wildman–Crippen LogP) is 4.30. The lowest BCUT2D eigenvalue weighted by Gasteiger charge is -2.10. The van der Waals surface area contributed by atoms with E-state index in [9.17, 15) is 8.78 Å². The number of benzene rings is 2. The number of ether oxygens (including phenoxy) is 1. The molecule has 0 bridgehead atoms. The van der Waals surface area contributed by atoms with Crippen LogP contribution >= 0.6 is 11.6 Å². The van der Waals surface area contributed by atoms with Crippen LogP contribution in [0.2, 0.25) is 5.02 Å². The summed E-state index contributed by atoms with van der Waals surface area (Å²) < 4.78 is 32.2. The second-order valence-electron chi connectivity index (χ2n) is 4.62. The van der Waals surface area contributed by atoms with Gasteiger partial charge in [-0.3, -0.25) is 0 Å². The maximum absolute atomic E-state index is 13.9. The summed E-state index contributed by atoms with van der Waals surface area (Å²) in [5.74, 6) is -0.752.